The second-order valence-corrected chi connectivity index (χ2v) is 10.4. The van der Waals surface area contributed by atoms with Crippen LogP contribution in [0.2, 0.25) is 0 Å². The van der Waals surface area contributed by atoms with Crippen LogP contribution in [-0.4, -0.2) is 42.8 Å². The lowest BCUT2D eigenvalue weighted by Crippen LogP contribution is -2.29. The van der Waals surface area contributed by atoms with Crippen molar-refractivity contribution in [3.63, 3.8) is 0 Å². The number of hydrogen-bond donors (Lipinski definition) is 2. The minimum atomic E-state index is -0.617. The molecule has 1 saturated heterocycles. The number of anilines is 1. The highest BCUT2D eigenvalue weighted by atomic mass is 16.3. The number of nitrogens with two attached hydrogens (primary N) is 1. The largest absolute Gasteiger partial charge is 0.398 e. The summed E-state index contributed by atoms with van der Waals surface area (Å²) >= 11 is 0. The second-order valence-electron chi connectivity index (χ2n) is 10.4. The van der Waals surface area contributed by atoms with Crippen LogP contribution in [0.15, 0.2) is 35.1 Å². The maximum atomic E-state index is 12.8. The Morgan fingerprint density at radius 1 is 1.23 bits per heavy atom. The SMILES string of the molecule is Cn1c(=O)n(CC(C)(C)C)c2ccc(-c3cc(CN4CCC(C)(O)C4)ccc3N)nc21. The van der Waals surface area contributed by atoms with E-state index in [2.05, 4.69) is 31.7 Å². The van der Waals surface area contributed by atoms with Crippen LogP contribution in [0.4, 0.5) is 5.69 Å². The topological polar surface area (TPSA) is 89.3 Å². The van der Waals surface area contributed by atoms with Crippen molar-refractivity contribution in [1.29, 1.82) is 0 Å². The molecule has 1 atom stereocenters. The summed E-state index contributed by atoms with van der Waals surface area (Å²) in [6.07, 6.45) is 0.784. The zero-order valence-electron chi connectivity index (χ0n) is 19.1. The number of β-amino-alcohol motifs (C(OH)–C–C–N with tert-alkyl or cyclic N) is 1. The summed E-state index contributed by atoms with van der Waals surface area (Å²) in [4.78, 5) is 19.9. The number of imidazole rings is 1. The Bertz CT molecular complexity index is 1180. The van der Waals surface area contributed by atoms with Gasteiger partial charge in [-0.25, -0.2) is 9.78 Å². The van der Waals surface area contributed by atoms with E-state index in [1.807, 2.05) is 31.2 Å². The molecule has 7 heteroatoms. The maximum absolute atomic E-state index is 12.8. The van der Waals surface area contributed by atoms with Crippen molar-refractivity contribution in [3.8, 4) is 11.3 Å². The lowest BCUT2D eigenvalue weighted by molar-refractivity contribution is 0.0679. The lowest BCUT2D eigenvalue weighted by atomic mass is 9.97. The number of benzene rings is 1. The van der Waals surface area contributed by atoms with Gasteiger partial charge < -0.3 is 10.8 Å². The minimum absolute atomic E-state index is 0.0181. The third-order valence-electron chi connectivity index (χ3n) is 5.94. The summed E-state index contributed by atoms with van der Waals surface area (Å²) in [6, 6.07) is 9.92. The molecule has 7 nitrogen and oxygen atoms in total. The zero-order valence-corrected chi connectivity index (χ0v) is 19.1. The summed E-state index contributed by atoms with van der Waals surface area (Å²) in [7, 11) is 1.76. The van der Waals surface area contributed by atoms with Gasteiger partial charge in [-0.2, -0.15) is 0 Å². The summed E-state index contributed by atoms with van der Waals surface area (Å²) in [5, 5.41) is 10.2. The van der Waals surface area contributed by atoms with E-state index in [0.717, 1.165) is 41.8 Å². The van der Waals surface area contributed by atoms with Gasteiger partial charge in [-0.1, -0.05) is 26.8 Å². The first-order valence-corrected chi connectivity index (χ1v) is 10.8. The van der Waals surface area contributed by atoms with Gasteiger partial charge in [0.1, 0.15) is 0 Å². The second kappa shape index (κ2) is 7.50. The predicted molar refractivity (Wildman–Crippen MR) is 125 cm³/mol. The Labute approximate surface area is 183 Å². The van der Waals surface area contributed by atoms with Crippen LogP contribution in [0.5, 0.6) is 0 Å². The fraction of sp³-hybridized carbons (Fsp3) is 0.500. The van der Waals surface area contributed by atoms with Crippen LogP contribution >= 0.6 is 0 Å². The first-order valence-electron chi connectivity index (χ1n) is 10.8. The van der Waals surface area contributed by atoms with Crippen molar-refractivity contribution in [3.05, 3.63) is 46.4 Å². The average Bonchev–Trinajstić information content (AvgIpc) is 3.13. The van der Waals surface area contributed by atoms with Gasteiger partial charge in [0, 0.05) is 44.5 Å². The first kappa shape index (κ1) is 21.6. The van der Waals surface area contributed by atoms with Crippen LogP contribution in [0.25, 0.3) is 22.4 Å². The molecule has 3 heterocycles. The number of likely N-dealkylation sites (tertiary alicyclic amines) is 1. The van der Waals surface area contributed by atoms with E-state index in [1.54, 1.807) is 16.2 Å². The van der Waals surface area contributed by atoms with Crippen LogP contribution in [0.3, 0.4) is 0 Å². The smallest absolute Gasteiger partial charge is 0.330 e. The molecule has 1 aromatic carbocycles. The zero-order chi connectivity index (χ0) is 22.6. The number of aliphatic hydroxyl groups is 1. The highest BCUT2D eigenvalue weighted by Gasteiger charge is 2.31. The van der Waals surface area contributed by atoms with E-state index in [0.29, 0.717) is 24.4 Å². The van der Waals surface area contributed by atoms with Crippen molar-refractivity contribution >= 4 is 16.9 Å². The normalized spacial score (nSPS) is 20.1. The summed E-state index contributed by atoms with van der Waals surface area (Å²) in [5.41, 5.74) is 10.5. The van der Waals surface area contributed by atoms with Gasteiger partial charge in [0.2, 0.25) is 0 Å². The summed E-state index contributed by atoms with van der Waals surface area (Å²) < 4.78 is 3.40. The van der Waals surface area contributed by atoms with Gasteiger partial charge in [-0.05, 0) is 48.6 Å². The third-order valence-corrected chi connectivity index (χ3v) is 5.94. The minimum Gasteiger partial charge on any atom is -0.398 e. The van der Waals surface area contributed by atoms with E-state index in [1.165, 1.54) is 0 Å². The molecule has 1 aliphatic heterocycles. The van der Waals surface area contributed by atoms with Crippen LogP contribution in [0.1, 0.15) is 39.7 Å². The fourth-order valence-corrected chi connectivity index (χ4v) is 4.41. The molecular weight excluding hydrogens is 390 g/mol. The van der Waals surface area contributed by atoms with Crippen molar-refractivity contribution < 1.29 is 5.11 Å². The van der Waals surface area contributed by atoms with Gasteiger partial charge in [-0.15, -0.1) is 0 Å². The van der Waals surface area contributed by atoms with Crippen LogP contribution in [-0.2, 0) is 20.1 Å². The molecule has 1 unspecified atom stereocenters. The van der Waals surface area contributed by atoms with Gasteiger partial charge in [0.25, 0.3) is 0 Å². The molecule has 3 aromatic rings. The Morgan fingerprint density at radius 2 is 1.97 bits per heavy atom. The molecular formula is C24H33N5O2. The molecule has 2 aromatic heterocycles. The van der Waals surface area contributed by atoms with Crippen LogP contribution < -0.4 is 11.4 Å². The number of nitrogens with zero attached hydrogens (tertiary/aromatic N) is 4. The van der Waals surface area contributed by atoms with Crippen molar-refractivity contribution in [2.45, 2.75) is 52.8 Å². The third kappa shape index (κ3) is 4.38. The molecule has 1 fully saturated rings. The van der Waals surface area contributed by atoms with E-state index in [4.69, 9.17) is 10.7 Å². The molecule has 0 spiro atoms. The van der Waals surface area contributed by atoms with Gasteiger partial charge in [-0.3, -0.25) is 14.0 Å². The maximum Gasteiger partial charge on any atom is 0.330 e. The summed E-state index contributed by atoms with van der Waals surface area (Å²) in [6.45, 7) is 11.2. The predicted octanol–water partition coefficient (Wildman–Crippen LogP) is 2.99. The number of pyridine rings is 1. The Morgan fingerprint density at radius 3 is 2.61 bits per heavy atom. The van der Waals surface area contributed by atoms with Crippen molar-refractivity contribution in [2.75, 3.05) is 18.8 Å². The first-order chi connectivity index (χ1) is 14.4. The molecule has 0 radical (unpaired) electrons. The molecule has 166 valence electrons. The average molecular weight is 424 g/mol. The molecule has 4 rings (SSSR count). The van der Waals surface area contributed by atoms with Gasteiger partial charge >= 0.3 is 5.69 Å². The molecule has 0 amide bonds. The van der Waals surface area contributed by atoms with Gasteiger partial charge in [0.05, 0.1) is 16.8 Å². The van der Waals surface area contributed by atoms with E-state index in [9.17, 15) is 9.90 Å². The summed E-state index contributed by atoms with van der Waals surface area (Å²) in [5.74, 6) is 0. The number of fused-ring (bicyclic) bond motifs is 1. The highest BCUT2D eigenvalue weighted by Crippen LogP contribution is 2.29. The van der Waals surface area contributed by atoms with Crippen molar-refractivity contribution in [2.24, 2.45) is 12.5 Å². The number of rotatable bonds is 4. The number of aromatic nitrogens is 3. The van der Waals surface area contributed by atoms with Crippen LogP contribution in [0, 0.1) is 5.41 Å². The van der Waals surface area contributed by atoms with E-state index < -0.39 is 5.60 Å². The molecule has 0 bridgehead atoms. The molecule has 3 N–H and O–H groups in total. The van der Waals surface area contributed by atoms with E-state index in [-0.39, 0.29) is 11.1 Å². The van der Waals surface area contributed by atoms with Crippen molar-refractivity contribution in [1.82, 2.24) is 19.0 Å². The lowest BCUT2D eigenvalue weighted by Gasteiger charge is -2.19. The Balaban J connectivity index is 1.70. The molecule has 31 heavy (non-hydrogen) atoms. The molecule has 0 saturated carbocycles. The monoisotopic (exact) mass is 423 g/mol. The quantitative estimate of drug-likeness (QED) is 0.630. The number of nitrogen functional groups attached to an aromatic ring is 1. The molecule has 0 aliphatic carbocycles. The van der Waals surface area contributed by atoms with E-state index >= 15 is 0 Å². The molecule has 1 aliphatic rings. The fourth-order valence-electron chi connectivity index (χ4n) is 4.41. The number of hydrogen-bond acceptors (Lipinski definition) is 5. The Kier molecular flexibility index (Phi) is 5.22. The Hall–Kier alpha value is -2.64. The standard InChI is InChI=1S/C24H33N5O2/c1-23(2,3)14-29-20-9-8-19(26-21(20)27(5)22(29)30)17-12-16(6-7-18(17)25)13-28-11-10-24(4,31)15-28/h6-9,12,31H,10-11,13-15,25H2,1-5H3. The highest BCUT2D eigenvalue weighted by molar-refractivity contribution is 5.80. The number of aryl methyl sites for hydroxylation is 1. The van der Waals surface area contributed by atoms with Gasteiger partial charge in [0.15, 0.2) is 5.65 Å².